The molecule has 1 aromatic rings. The molecule has 1 heterocycles. The molecule has 0 atom stereocenters. The fourth-order valence-electron chi connectivity index (χ4n) is 0.779. The van der Waals surface area contributed by atoms with E-state index in [0.29, 0.717) is 29.5 Å². The van der Waals surface area contributed by atoms with Crippen LogP contribution in [-0.4, -0.2) is 30.2 Å². The smallest absolute Gasteiger partial charge is 0.225 e. The van der Waals surface area contributed by atoms with Crippen LogP contribution in [0, 0.1) is 0 Å². The molecule has 13 heavy (non-hydrogen) atoms. The third-order valence-electron chi connectivity index (χ3n) is 1.30. The van der Waals surface area contributed by atoms with Crippen molar-refractivity contribution in [1.29, 1.82) is 0 Å². The van der Waals surface area contributed by atoms with Crippen LogP contribution in [0.3, 0.4) is 0 Å². The second kappa shape index (κ2) is 4.98. The fraction of sp³-hybridized carbons (Fsp3) is 0.429. The number of nitrogens with two attached hydrogens (primary N) is 1. The van der Waals surface area contributed by atoms with Crippen LogP contribution in [0.1, 0.15) is 0 Å². The summed E-state index contributed by atoms with van der Waals surface area (Å²) in [5.41, 5.74) is 5.51. The quantitative estimate of drug-likeness (QED) is 0.610. The van der Waals surface area contributed by atoms with Crippen molar-refractivity contribution in [2.45, 2.75) is 0 Å². The number of anilines is 2. The van der Waals surface area contributed by atoms with E-state index >= 15 is 0 Å². The summed E-state index contributed by atoms with van der Waals surface area (Å²) in [7, 11) is 1.64. The lowest BCUT2D eigenvalue weighted by Gasteiger charge is -2.04. The Labute approximate surface area is 84.8 Å². The highest BCUT2D eigenvalue weighted by atomic mass is 79.9. The van der Waals surface area contributed by atoms with E-state index in [1.54, 1.807) is 13.2 Å². The van der Waals surface area contributed by atoms with Gasteiger partial charge in [0.15, 0.2) is 0 Å². The van der Waals surface area contributed by atoms with Gasteiger partial charge in [-0.05, 0) is 15.9 Å². The molecule has 0 spiro atoms. The fourth-order valence-corrected chi connectivity index (χ4v) is 1.18. The van der Waals surface area contributed by atoms with Gasteiger partial charge in [0.1, 0.15) is 10.4 Å². The summed E-state index contributed by atoms with van der Waals surface area (Å²) in [6.45, 7) is 1.27. The van der Waals surface area contributed by atoms with E-state index in [1.165, 1.54) is 0 Å². The summed E-state index contributed by atoms with van der Waals surface area (Å²) in [4.78, 5) is 8.04. The van der Waals surface area contributed by atoms with Gasteiger partial charge >= 0.3 is 0 Å². The third kappa shape index (κ3) is 3.56. The van der Waals surface area contributed by atoms with Crippen LogP contribution in [0.4, 0.5) is 11.8 Å². The maximum absolute atomic E-state index is 5.51. The summed E-state index contributed by atoms with van der Waals surface area (Å²) in [5.74, 6) is 0.936. The predicted octanol–water partition coefficient (Wildman–Crippen LogP) is 0.880. The molecule has 0 amide bonds. The first-order chi connectivity index (χ1) is 6.22. The predicted molar refractivity (Wildman–Crippen MR) is 54.5 cm³/mol. The molecule has 0 aliphatic heterocycles. The van der Waals surface area contributed by atoms with Crippen LogP contribution in [0.15, 0.2) is 10.7 Å². The molecule has 6 heteroatoms. The monoisotopic (exact) mass is 246 g/mol. The first-order valence-corrected chi connectivity index (χ1v) is 4.54. The van der Waals surface area contributed by atoms with Crippen molar-refractivity contribution < 1.29 is 4.74 Å². The molecule has 0 saturated heterocycles. The summed E-state index contributed by atoms with van der Waals surface area (Å²) in [6.07, 6.45) is 0. The molecule has 72 valence electrons. The van der Waals surface area contributed by atoms with Crippen molar-refractivity contribution in [2.24, 2.45) is 0 Å². The van der Waals surface area contributed by atoms with Crippen molar-refractivity contribution in [3.63, 3.8) is 0 Å². The number of halogens is 1. The van der Waals surface area contributed by atoms with Crippen LogP contribution in [0.25, 0.3) is 0 Å². The number of rotatable bonds is 4. The van der Waals surface area contributed by atoms with E-state index in [0.717, 1.165) is 0 Å². The van der Waals surface area contributed by atoms with Crippen molar-refractivity contribution in [1.82, 2.24) is 9.97 Å². The molecule has 0 aliphatic carbocycles. The first-order valence-electron chi connectivity index (χ1n) is 3.75. The van der Waals surface area contributed by atoms with Crippen molar-refractivity contribution >= 4 is 27.7 Å². The zero-order chi connectivity index (χ0) is 9.68. The lowest BCUT2D eigenvalue weighted by molar-refractivity contribution is 0.210. The van der Waals surface area contributed by atoms with Crippen LogP contribution >= 0.6 is 15.9 Å². The molecule has 0 saturated carbocycles. The van der Waals surface area contributed by atoms with E-state index in [-0.39, 0.29) is 0 Å². The van der Waals surface area contributed by atoms with Gasteiger partial charge in [0.05, 0.1) is 6.61 Å². The van der Waals surface area contributed by atoms with Gasteiger partial charge in [0.2, 0.25) is 5.95 Å². The Kier molecular flexibility index (Phi) is 3.91. The zero-order valence-corrected chi connectivity index (χ0v) is 8.84. The molecule has 0 radical (unpaired) electrons. The lowest BCUT2D eigenvalue weighted by atomic mass is 10.6. The molecular weight excluding hydrogens is 236 g/mol. The minimum atomic E-state index is 0.432. The highest BCUT2D eigenvalue weighted by Crippen LogP contribution is 2.11. The first kappa shape index (κ1) is 10.2. The van der Waals surface area contributed by atoms with E-state index in [2.05, 4.69) is 31.2 Å². The minimum Gasteiger partial charge on any atom is -0.383 e. The van der Waals surface area contributed by atoms with Gasteiger partial charge in [-0.25, -0.2) is 4.98 Å². The number of ether oxygens (including phenoxy) is 1. The highest BCUT2D eigenvalue weighted by Gasteiger charge is 1.98. The van der Waals surface area contributed by atoms with Crippen LogP contribution in [0.2, 0.25) is 0 Å². The molecule has 1 aromatic heterocycles. The molecule has 0 fully saturated rings. The summed E-state index contributed by atoms with van der Waals surface area (Å²) >= 11 is 3.22. The van der Waals surface area contributed by atoms with Gasteiger partial charge in [0, 0.05) is 19.7 Å². The number of nitrogen functional groups attached to an aromatic ring is 1. The maximum Gasteiger partial charge on any atom is 0.225 e. The Bertz CT molecular complexity index is 261. The average Bonchev–Trinajstić information content (AvgIpc) is 2.03. The summed E-state index contributed by atoms with van der Waals surface area (Å²) in [5, 5.41) is 2.97. The topological polar surface area (TPSA) is 73.1 Å². The van der Waals surface area contributed by atoms with Crippen LogP contribution in [0.5, 0.6) is 0 Å². The highest BCUT2D eigenvalue weighted by molar-refractivity contribution is 9.10. The number of hydrogen-bond donors (Lipinski definition) is 2. The maximum atomic E-state index is 5.51. The van der Waals surface area contributed by atoms with Gasteiger partial charge in [-0.15, -0.1) is 0 Å². The Morgan fingerprint density at radius 2 is 2.38 bits per heavy atom. The Morgan fingerprint density at radius 1 is 1.62 bits per heavy atom. The molecule has 0 aliphatic rings. The van der Waals surface area contributed by atoms with Crippen LogP contribution < -0.4 is 11.1 Å². The zero-order valence-electron chi connectivity index (χ0n) is 7.25. The van der Waals surface area contributed by atoms with Gasteiger partial charge in [-0.3, -0.25) is 0 Å². The second-order valence-corrected chi connectivity index (χ2v) is 3.17. The number of nitrogens with zero attached hydrogens (tertiary/aromatic N) is 2. The Hall–Kier alpha value is -0.880. The summed E-state index contributed by atoms with van der Waals surface area (Å²) < 4.78 is 5.53. The van der Waals surface area contributed by atoms with Gasteiger partial charge in [0.25, 0.3) is 0 Å². The standard InChI is InChI=1S/C7H11BrN4O/c1-13-3-2-10-7-11-5(8)4-6(9)12-7/h4H,2-3H2,1H3,(H3,9,10,11,12). The lowest BCUT2D eigenvalue weighted by Crippen LogP contribution is -2.10. The Balaban J connectivity index is 2.56. The van der Waals surface area contributed by atoms with Gasteiger partial charge < -0.3 is 15.8 Å². The number of nitrogens with one attached hydrogen (secondary N) is 1. The minimum absolute atomic E-state index is 0.432. The summed E-state index contributed by atoms with van der Waals surface area (Å²) in [6, 6.07) is 1.64. The SMILES string of the molecule is COCCNc1nc(N)cc(Br)n1. The molecule has 0 aromatic carbocycles. The van der Waals surface area contributed by atoms with E-state index in [9.17, 15) is 0 Å². The largest absolute Gasteiger partial charge is 0.383 e. The molecule has 0 unspecified atom stereocenters. The second-order valence-electron chi connectivity index (χ2n) is 2.36. The molecular formula is C7H11BrN4O. The third-order valence-corrected chi connectivity index (χ3v) is 1.71. The van der Waals surface area contributed by atoms with Crippen LogP contribution in [-0.2, 0) is 4.74 Å². The normalized spacial score (nSPS) is 10.0. The van der Waals surface area contributed by atoms with Crippen molar-refractivity contribution in [3.05, 3.63) is 10.7 Å². The Morgan fingerprint density at radius 3 is 3.00 bits per heavy atom. The molecule has 0 bridgehead atoms. The molecule has 3 N–H and O–H groups in total. The van der Waals surface area contributed by atoms with E-state index in [1.807, 2.05) is 0 Å². The van der Waals surface area contributed by atoms with Crippen molar-refractivity contribution in [2.75, 3.05) is 31.3 Å². The van der Waals surface area contributed by atoms with E-state index in [4.69, 9.17) is 10.5 Å². The number of aromatic nitrogens is 2. The number of hydrogen-bond acceptors (Lipinski definition) is 5. The van der Waals surface area contributed by atoms with E-state index < -0.39 is 0 Å². The molecule has 5 nitrogen and oxygen atoms in total. The molecule has 1 rings (SSSR count). The average molecular weight is 247 g/mol. The van der Waals surface area contributed by atoms with Gasteiger partial charge in [-0.2, -0.15) is 4.98 Å². The number of methoxy groups -OCH3 is 1. The van der Waals surface area contributed by atoms with Gasteiger partial charge in [-0.1, -0.05) is 0 Å². The van der Waals surface area contributed by atoms with Crippen molar-refractivity contribution in [3.8, 4) is 0 Å².